The number of rotatable bonds is 4. The van der Waals surface area contributed by atoms with Gasteiger partial charge in [0.2, 0.25) is 5.91 Å². The third kappa shape index (κ3) is 5.47. The normalized spacial score (nSPS) is 19.9. The Bertz CT molecular complexity index is 203. The van der Waals surface area contributed by atoms with E-state index in [1.54, 1.807) is 0 Å². The SMILES string of the molecule is C=C(Cl)CNC(=O)CC1CCCN1.Cl. The van der Waals surface area contributed by atoms with Crippen LogP contribution in [0.3, 0.4) is 0 Å². The number of hydrogen-bond donors (Lipinski definition) is 2. The zero-order valence-electron chi connectivity index (χ0n) is 8.01. The van der Waals surface area contributed by atoms with Gasteiger partial charge >= 0.3 is 0 Å². The van der Waals surface area contributed by atoms with Gasteiger partial charge in [0.1, 0.15) is 0 Å². The van der Waals surface area contributed by atoms with E-state index in [2.05, 4.69) is 17.2 Å². The number of halogens is 2. The summed E-state index contributed by atoms with van der Waals surface area (Å²) in [6, 6.07) is 0.351. The van der Waals surface area contributed by atoms with Gasteiger partial charge in [0.05, 0.1) is 6.54 Å². The molecular weight excluding hydrogens is 223 g/mol. The fraction of sp³-hybridized carbons (Fsp3) is 0.667. The van der Waals surface area contributed by atoms with Crippen LogP contribution in [0.4, 0.5) is 0 Å². The van der Waals surface area contributed by atoms with E-state index in [0.29, 0.717) is 24.0 Å². The summed E-state index contributed by atoms with van der Waals surface area (Å²) in [5.41, 5.74) is 0. The Kier molecular flexibility index (Phi) is 6.97. The molecule has 0 spiro atoms. The van der Waals surface area contributed by atoms with Crippen LogP contribution in [0.25, 0.3) is 0 Å². The van der Waals surface area contributed by atoms with Gasteiger partial charge in [-0.15, -0.1) is 12.4 Å². The smallest absolute Gasteiger partial charge is 0.221 e. The largest absolute Gasteiger partial charge is 0.351 e. The second kappa shape index (κ2) is 7.10. The summed E-state index contributed by atoms with van der Waals surface area (Å²) in [6.07, 6.45) is 2.81. The molecule has 0 aromatic rings. The third-order valence-electron chi connectivity index (χ3n) is 2.07. The highest BCUT2D eigenvalue weighted by Crippen LogP contribution is 2.08. The van der Waals surface area contributed by atoms with Gasteiger partial charge in [-0.05, 0) is 19.4 Å². The standard InChI is InChI=1S/C9H15ClN2O.ClH/c1-7(10)6-12-9(13)5-8-3-2-4-11-8;/h8,11H,1-6H2,(H,12,13);1H. The molecule has 1 fully saturated rings. The molecule has 0 bridgehead atoms. The van der Waals surface area contributed by atoms with Crippen molar-refractivity contribution in [3.05, 3.63) is 11.6 Å². The monoisotopic (exact) mass is 238 g/mol. The van der Waals surface area contributed by atoms with E-state index in [9.17, 15) is 4.79 Å². The maximum absolute atomic E-state index is 11.3. The zero-order chi connectivity index (χ0) is 9.68. The summed E-state index contributed by atoms with van der Waals surface area (Å²) >= 11 is 5.51. The van der Waals surface area contributed by atoms with Gasteiger partial charge in [-0.3, -0.25) is 4.79 Å². The van der Waals surface area contributed by atoms with Crippen LogP contribution in [-0.4, -0.2) is 25.0 Å². The van der Waals surface area contributed by atoms with Crippen molar-refractivity contribution in [2.75, 3.05) is 13.1 Å². The van der Waals surface area contributed by atoms with E-state index >= 15 is 0 Å². The number of nitrogens with one attached hydrogen (secondary N) is 2. The van der Waals surface area contributed by atoms with Crippen LogP contribution >= 0.6 is 24.0 Å². The minimum absolute atomic E-state index is 0. The predicted octanol–water partition coefficient (Wildman–Crippen LogP) is 1.42. The molecule has 1 saturated heterocycles. The van der Waals surface area contributed by atoms with Crippen LogP contribution in [0.5, 0.6) is 0 Å². The topological polar surface area (TPSA) is 41.1 Å². The van der Waals surface area contributed by atoms with Crippen molar-refractivity contribution in [3.63, 3.8) is 0 Å². The minimum Gasteiger partial charge on any atom is -0.351 e. The van der Waals surface area contributed by atoms with Gasteiger partial charge < -0.3 is 10.6 Å². The molecule has 1 aliphatic heterocycles. The number of carbonyl (C=O) groups is 1. The fourth-order valence-corrected chi connectivity index (χ4v) is 1.49. The summed E-state index contributed by atoms with van der Waals surface area (Å²) in [5, 5.41) is 6.42. The third-order valence-corrected chi connectivity index (χ3v) is 2.21. The lowest BCUT2D eigenvalue weighted by molar-refractivity contribution is -0.121. The maximum Gasteiger partial charge on any atom is 0.221 e. The molecule has 5 heteroatoms. The summed E-state index contributed by atoms with van der Waals surface area (Å²) in [5.74, 6) is 0.0428. The van der Waals surface area contributed by atoms with E-state index in [4.69, 9.17) is 11.6 Å². The van der Waals surface area contributed by atoms with Crippen LogP contribution in [-0.2, 0) is 4.79 Å². The molecule has 0 radical (unpaired) electrons. The Morgan fingerprint density at radius 2 is 2.36 bits per heavy atom. The van der Waals surface area contributed by atoms with Crippen LogP contribution in [0.1, 0.15) is 19.3 Å². The van der Waals surface area contributed by atoms with Crippen molar-refractivity contribution in [2.45, 2.75) is 25.3 Å². The number of amides is 1. The molecule has 0 saturated carbocycles. The molecule has 1 rings (SSSR count). The first-order valence-corrected chi connectivity index (χ1v) is 4.89. The Labute approximate surface area is 95.7 Å². The van der Waals surface area contributed by atoms with Crippen molar-refractivity contribution in [1.29, 1.82) is 0 Å². The molecular formula is C9H16Cl2N2O. The zero-order valence-corrected chi connectivity index (χ0v) is 9.59. The van der Waals surface area contributed by atoms with E-state index < -0.39 is 0 Å². The van der Waals surface area contributed by atoms with Gasteiger partial charge in [0.25, 0.3) is 0 Å². The van der Waals surface area contributed by atoms with Crippen molar-refractivity contribution in [3.8, 4) is 0 Å². The summed E-state index contributed by atoms with van der Waals surface area (Å²) in [6.45, 7) is 4.89. The number of hydrogen-bond acceptors (Lipinski definition) is 2. The molecule has 0 aromatic heterocycles. The Morgan fingerprint density at radius 1 is 1.64 bits per heavy atom. The molecule has 14 heavy (non-hydrogen) atoms. The van der Waals surface area contributed by atoms with Crippen LogP contribution < -0.4 is 10.6 Å². The minimum atomic E-state index is 0. The summed E-state index contributed by atoms with van der Waals surface area (Å²) in [7, 11) is 0. The van der Waals surface area contributed by atoms with E-state index in [0.717, 1.165) is 13.0 Å². The van der Waals surface area contributed by atoms with Crippen molar-refractivity contribution >= 4 is 29.9 Å². The molecule has 1 heterocycles. The van der Waals surface area contributed by atoms with Crippen LogP contribution in [0.2, 0.25) is 0 Å². The van der Waals surface area contributed by atoms with Gasteiger partial charge in [0.15, 0.2) is 0 Å². The molecule has 1 unspecified atom stereocenters. The Balaban J connectivity index is 0.00000169. The second-order valence-corrected chi connectivity index (χ2v) is 3.83. The lowest BCUT2D eigenvalue weighted by Crippen LogP contribution is -2.32. The molecule has 1 amide bonds. The van der Waals surface area contributed by atoms with E-state index in [-0.39, 0.29) is 18.3 Å². The molecule has 3 nitrogen and oxygen atoms in total. The first-order chi connectivity index (χ1) is 6.18. The molecule has 82 valence electrons. The van der Waals surface area contributed by atoms with Gasteiger partial charge in [-0.2, -0.15) is 0 Å². The van der Waals surface area contributed by atoms with E-state index in [1.807, 2.05) is 0 Å². The Hall–Kier alpha value is -0.250. The highest BCUT2D eigenvalue weighted by molar-refractivity contribution is 6.29. The average molecular weight is 239 g/mol. The quantitative estimate of drug-likeness (QED) is 0.779. The van der Waals surface area contributed by atoms with Crippen LogP contribution in [0, 0.1) is 0 Å². The van der Waals surface area contributed by atoms with Crippen LogP contribution in [0.15, 0.2) is 11.6 Å². The maximum atomic E-state index is 11.3. The van der Waals surface area contributed by atoms with Gasteiger partial charge in [-0.25, -0.2) is 0 Å². The first kappa shape index (κ1) is 13.8. The molecule has 1 aliphatic rings. The predicted molar refractivity (Wildman–Crippen MR) is 60.9 cm³/mol. The first-order valence-electron chi connectivity index (χ1n) is 4.52. The number of carbonyl (C=O) groups excluding carboxylic acids is 1. The highest BCUT2D eigenvalue weighted by Gasteiger charge is 2.16. The van der Waals surface area contributed by atoms with Crippen molar-refractivity contribution in [2.24, 2.45) is 0 Å². The summed E-state index contributed by atoms with van der Waals surface area (Å²) < 4.78 is 0. The van der Waals surface area contributed by atoms with Crippen molar-refractivity contribution in [1.82, 2.24) is 10.6 Å². The molecule has 0 aromatic carbocycles. The highest BCUT2D eigenvalue weighted by atomic mass is 35.5. The molecule has 2 N–H and O–H groups in total. The lowest BCUT2D eigenvalue weighted by Gasteiger charge is -2.09. The Morgan fingerprint density at radius 3 is 2.86 bits per heavy atom. The fourth-order valence-electron chi connectivity index (χ4n) is 1.42. The molecule has 1 atom stereocenters. The second-order valence-electron chi connectivity index (χ2n) is 3.29. The van der Waals surface area contributed by atoms with Gasteiger partial charge in [0, 0.05) is 17.5 Å². The molecule has 0 aliphatic carbocycles. The average Bonchev–Trinajstić information content (AvgIpc) is 2.53. The van der Waals surface area contributed by atoms with E-state index in [1.165, 1.54) is 6.42 Å². The van der Waals surface area contributed by atoms with Gasteiger partial charge in [-0.1, -0.05) is 18.2 Å². The summed E-state index contributed by atoms with van der Waals surface area (Å²) in [4.78, 5) is 11.3. The van der Waals surface area contributed by atoms with Crippen molar-refractivity contribution < 1.29 is 4.79 Å². The lowest BCUT2D eigenvalue weighted by atomic mass is 10.1.